The molecule has 2 aliphatic rings. The summed E-state index contributed by atoms with van der Waals surface area (Å²) in [5.74, 6) is 2.00. The van der Waals surface area contributed by atoms with Crippen molar-refractivity contribution in [2.45, 2.75) is 18.0 Å². The number of para-hydroxylation sites is 1. The minimum atomic E-state index is 0.424. The summed E-state index contributed by atoms with van der Waals surface area (Å²) in [6.07, 6.45) is 0. The lowest BCUT2D eigenvalue weighted by atomic mass is 9.78. The van der Waals surface area contributed by atoms with Crippen LogP contribution in [0.15, 0.2) is 84.9 Å². The summed E-state index contributed by atoms with van der Waals surface area (Å²) < 4.78 is 6.15. The first-order chi connectivity index (χ1) is 12.4. The molecule has 124 valence electrons. The van der Waals surface area contributed by atoms with E-state index in [9.17, 15) is 0 Å². The Morgan fingerprint density at radius 2 is 1.32 bits per heavy atom. The van der Waals surface area contributed by atoms with Crippen molar-refractivity contribution in [3.8, 4) is 5.75 Å². The summed E-state index contributed by atoms with van der Waals surface area (Å²) in [5, 5.41) is 2.57. The van der Waals surface area contributed by atoms with Crippen LogP contribution in [0.25, 0.3) is 0 Å². The molecule has 2 aliphatic heterocycles. The molecule has 0 saturated carbocycles. The molecule has 0 aromatic heterocycles. The molecule has 0 amide bonds. The predicted octanol–water partition coefficient (Wildman–Crippen LogP) is 3.84. The maximum absolute atomic E-state index is 6.15. The highest BCUT2D eigenvalue weighted by molar-refractivity contribution is 5.40. The molecule has 2 heteroatoms. The van der Waals surface area contributed by atoms with Crippen LogP contribution in [0, 0.1) is 5.92 Å². The van der Waals surface area contributed by atoms with Gasteiger partial charge in [0.15, 0.2) is 0 Å². The van der Waals surface area contributed by atoms with Gasteiger partial charge in [-0.2, -0.15) is 0 Å². The van der Waals surface area contributed by atoms with E-state index in [1.54, 1.807) is 0 Å². The van der Waals surface area contributed by atoms with Crippen molar-refractivity contribution in [3.63, 3.8) is 0 Å². The molecule has 2 heterocycles. The number of rotatable bonds is 2. The van der Waals surface area contributed by atoms with Gasteiger partial charge in [-0.05, 0) is 17.7 Å². The maximum atomic E-state index is 6.15. The van der Waals surface area contributed by atoms with Gasteiger partial charge in [0.25, 0.3) is 0 Å². The van der Waals surface area contributed by atoms with E-state index in [-0.39, 0.29) is 0 Å². The number of ether oxygens (including phenoxy) is 1. The van der Waals surface area contributed by atoms with E-state index in [4.69, 9.17) is 4.74 Å². The van der Waals surface area contributed by atoms with Crippen molar-refractivity contribution in [3.05, 3.63) is 102 Å². The van der Waals surface area contributed by atoms with E-state index in [0.717, 1.165) is 12.4 Å². The van der Waals surface area contributed by atoms with Gasteiger partial charge < -0.3 is 10.1 Å². The fourth-order valence-corrected chi connectivity index (χ4v) is 4.71. The number of hydrogen-bond donors (Lipinski definition) is 1. The summed E-state index contributed by atoms with van der Waals surface area (Å²) in [5.41, 5.74) is 4.17. The van der Waals surface area contributed by atoms with Crippen molar-refractivity contribution in [2.24, 2.45) is 5.92 Å². The number of quaternary nitrogens is 1. The molecule has 1 fully saturated rings. The zero-order valence-corrected chi connectivity index (χ0v) is 14.1. The molecule has 0 radical (unpaired) electrons. The third-order valence-corrected chi connectivity index (χ3v) is 5.80. The lowest BCUT2D eigenvalue weighted by Crippen LogP contribution is -2.84. The minimum Gasteiger partial charge on any atom is -0.492 e. The molecule has 0 unspecified atom stereocenters. The number of benzene rings is 3. The predicted molar refractivity (Wildman–Crippen MR) is 98.5 cm³/mol. The molecule has 25 heavy (non-hydrogen) atoms. The standard InChI is InChI=1S/C23H21NO/c1-3-9-16(10-4-1)21-19-15-25-20-14-8-7-13-18(20)23(19)24-22(21)17-11-5-2-6-12-17/h1-14,19,21-24H,15H2/p+1/t19-,21+,22+,23-/m1/s1. The van der Waals surface area contributed by atoms with E-state index in [2.05, 4.69) is 90.2 Å². The fourth-order valence-electron chi connectivity index (χ4n) is 4.71. The van der Waals surface area contributed by atoms with E-state index in [1.807, 2.05) is 0 Å². The average Bonchev–Trinajstić information content (AvgIpc) is 3.09. The molecule has 0 spiro atoms. The molecule has 3 aromatic carbocycles. The largest absolute Gasteiger partial charge is 0.492 e. The van der Waals surface area contributed by atoms with Crippen LogP contribution in [-0.2, 0) is 0 Å². The van der Waals surface area contributed by atoms with Crippen molar-refractivity contribution in [1.29, 1.82) is 0 Å². The first kappa shape index (κ1) is 14.7. The van der Waals surface area contributed by atoms with E-state index < -0.39 is 0 Å². The quantitative estimate of drug-likeness (QED) is 0.760. The average molecular weight is 328 g/mol. The second-order valence-electron chi connectivity index (χ2n) is 7.10. The molecule has 1 saturated heterocycles. The van der Waals surface area contributed by atoms with Gasteiger partial charge in [0, 0.05) is 5.56 Å². The Morgan fingerprint density at radius 1 is 0.680 bits per heavy atom. The van der Waals surface area contributed by atoms with Crippen molar-refractivity contribution >= 4 is 0 Å². The second-order valence-corrected chi connectivity index (χ2v) is 7.10. The van der Waals surface area contributed by atoms with E-state index >= 15 is 0 Å². The lowest BCUT2D eigenvalue weighted by Gasteiger charge is -2.28. The lowest BCUT2D eigenvalue weighted by molar-refractivity contribution is -0.718. The zero-order chi connectivity index (χ0) is 16.6. The highest BCUT2D eigenvalue weighted by Crippen LogP contribution is 2.48. The summed E-state index contributed by atoms with van der Waals surface area (Å²) in [7, 11) is 0. The molecular formula is C23H22NO+. The first-order valence-electron chi connectivity index (χ1n) is 9.08. The van der Waals surface area contributed by atoms with Gasteiger partial charge in [-0.15, -0.1) is 0 Å². The van der Waals surface area contributed by atoms with Crippen molar-refractivity contribution in [2.75, 3.05) is 6.61 Å². The molecule has 4 atom stereocenters. The second kappa shape index (κ2) is 6.05. The van der Waals surface area contributed by atoms with Crippen LogP contribution in [-0.4, -0.2) is 6.61 Å². The first-order valence-corrected chi connectivity index (χ1v) is 9.08. The van der Waals surface area contributed by atoms with Gasteiger partial charge in [-0.3, -0.25) is 0 Å². The van der Waals surface area contributed by atoms with Crippen LogP contribution in [0.1, 0.15) is 34.7 Å². The number of nitrogens with two attached hydrogens (primary N) is 1. The topological polar surface area (TPSA) is 25.8 Å². The Balaban J connectivity index is 1.62. The van der Waals surface area contributed by atoms with E-state index in [0.29, 0.717) is 23.9 Å². The van der Waals surface area contributed by atoms with Crippen LogP contribution in [0.4, 0.5) is 0 Å². The van der Waals surface area contributed by atoms with E-state index in [1.165, 1.54) is 16.7 Å². The Hall–Kier alpha value is -2.58. The molecular weight excluding hydrogens is 306 g/mol. The highest BCUT2D eigenvalue weighted by atomic mass is 16.5. The molecule has 3 aromatic rings. The summed E-state index contributed by atoms with van der Waals surface area (Å²) >= 11 is 0. The third-order valence-electron chi connectivity index (χ3n) is 5.80. The van der Waals surface area contributed by atoms with Crippen LogP contribution in [0.2, 0.25) is 0 Å². The minimum absolute atomic E-state index is 0.424. The van der Waals surface area contributed by atoms with Crippen molar-refractivity contribution < 1.29 is 10.1 Å². The number of fused-ring (bicyclic) bond motifs is 3. The zero-order valence-electron chi connectivity index (χ0n) is 14.1. The SMILES string of the molecule is c1ccc([C@H]2[C@H]3COc4ccccc4[C@H]3[NH2+][C@H]2c2ccccc2)cc1. The monoisotopic (exact) mass is 328 g/mol. The molecule has 0 aliphatic carbocycles. The molecule has 0 bridgehead atoms. The Morgan fingerprint density at radius 3 is 2.08 bits per heavy atom. The maximum Gasteiger partial charge on any atom is 0.128 e. The van der Waals surface area contributed by atoms with Gasteiger partial charge in [-0.25, -0.2) is 0 Å². The third kappa shape index (κ3) is 2.45. The smallest absolute Gasteiger partial charge is 0.128 e. The fraction of sp³-hybridized carbons (Fsp3) is 0.217. The molecule has 2 nitrogen and oxygen atoms in total. The summed E-state index contributed by atoms with van der Waals surface area (Å²) in [6.45, 7) is 0.793. The van der Waals surface area contributed by atoms with Gasteiger partial charge in [0.1, 0.15) is 17.8 Å². The Kier molecular flexibility index (Phi) is 3.57. The van der Waals surface area contributed by atoms with Crippen LogP contribution < -0.4 is 10.1 Å². The van der Waals surface area contributed by atoms with Gasteiger partial charge in [0.2, 0.25) is 0 Å². The molecule has 5 rings (SSSR count). The Bertz CT molecular complexity index is 862. The number of hydrogen-bond acceptors (Lipinski definition) is 1. The van der Waals surface area contributed by atoms with Gasteiger partial charge in [0.05, 0.1) is 24.0 Å². The highest BCUT2D eigenvalue weighted by Gasteiger charge is 2.51. The normalized spacial score (nSPS) is 27.2. The summed E-state index contributed by atoms with van der Waals surface area (Å²) in [4.78, 5) is 0. The van der Waals surface area contributed by atoms with Gasteiger partial charge >= 0.3 is 0 Å². The van der Waals surface area contributed by atoms with Crippen LogP contribution in [0.3, 0.4) is 0 Å². The van der Waals surface area contributed by atoms with Gasteiger partial charge in [-0.1, -0.05) is 72.8 Å². The Labute approximate surface area is 148 Å². The van der Waals surface area contributed by atoms with Crippen LogP contribution >= 0.6 is 0 Å². The summed E-state index contributed by atoms with van der Waals surface area (Å²) in [6, 6.07) is 31.3. The van der Waals surface area contributed by atoms with Crippen molar-refractivity contribution in [1.82, 2.24) is 0 Å². The van der Waals surface area contributed by atoms with Crippen LogP contribution in [0.5, 0.6) is 5.75 Å². The molecule has 2 N–H and O–H groups in total.